The molecule has 0 aliphatic carbocycles. The minimum Gasteiger partial charge on any atom is -0.454 e. The van der Waals surface area contributed by atoms with E-state index in [2.05, 4.69) is 16.6 Å². The van der Waals surface area contributed by atoms with E-state index >= 15 is 0 Å². The molecule has 0 aromatic carbocycles. The van der Waals surface area contributed by atoms with Gasteiger partial charge in [-0.25, -0.2) is 9.59 Å². The Bertz CT molecular complexity index is 345. The number of amides is 3. The van der Waals surface area contributed by atoms with Crippen LogP contribution in [0.15, 0.2) is 12.7 Å². The number of methoxy groups -OCH3 is 1. The smallest absolute Gasteiger partial charge is 0.335 e. The summed E-state index contributed by atoms with van der Waals surface area (Å²) in [6.45, 7) is 5.16. The second kappa shape index (κ2) is 10.9. The average molecular weight is 288 g/mol. The minimum atomic E-state index is -0.809. The van der Waals surface area contributed by atoms with Crippen molar-refractivity contribution >= 4 is 17.9 Å². The molecule has 1 atom stereocenters. The maximum atomic E-state index is 11.4. The fourth-order valence-corrected chi connectivity index (χ4v) is 1.01. The molecule has 1 unspecified atom stereocenters. The van der Waals surface area contributed by atoms with Crippen LogP contribution in [0.5, 0.6) is 0 Å². The van der Waals surface area contributed by atoms with E-state index in [4.69, 9.17) is 9.47 Å². The SMILES string of the molecule is C=CCOC(C)C(=O)OCC(=O)NC(=O)NCCOC. The average Bonchev–Trinajstić information content (AvgIpc) is 2.42. The van der Waals surface area contributed by atoms with Gasteiger partial charge in [0, 0.05) is 13.7 Å². The van der Waals surface area contributed by atoms with Crippen LogP contribution in [-0.2, 0) is 23.8 Å². The molecule has 8 heteroatoms. The first-order valence-electron chi connectivity index (χ1n) is 5.97. The lowest BCUT2D eigenvalue weighted by Crippen LogP contribution is -2.42. The van der Waals surface area contributed by atoms with Gasteiger partial charge in [0.1, 0.15) is 0 Å². The van der Waals surface area contributed by atoms with Crippen LogP contribution < -0.4 is 10.6 Å². The molecule has 0 spiro atoms. The molecule has 0 aliphatic rings. The highest BCUT2D eigenvalue weighted by atomic mass is 16.6. The number of nitrogens with one attached hydrogen (secondary N) is 2. The van der Waals surface area contributed by atoms with E-state index in [1.165, 1.54) is 20.1 Å². The van der Waals surface area contributed by atoms with Crippen molar-refractivity contribution in [2.75, 3.05) is 33.5 Å². The van der Waals surface area contributed by atoms with Gasteiger partial charge in [0.05, 0.1) is 13.2 Å². The summed E-state index contributed by atoms with van der Waals surface area (Å²) in [5, 5.41) is 4.38. The van der Waals surface area contributed by atoms with E-state index in [1.807, 2.05) is 5.32 Å². The molecule has 0 rings (SSSR count). The van der Waals surface area contributed by atoms with E-state index in [9.17, 15) is 14.4 Å². The van der Waals surface area contributed by atoms with Crippen LogP contribution in [0.1, 0.15) is 6.92 Å². The summed E-state index contributed by atoms with van der Waals surface area (Å²) >= 11 is 0. The maximum Gasteiger partial charge on any atom is 0.335 e. The molecule has 0 radical (unpaired) electrons. The van der Waals surface area contributed by atoms with Gasteiger partial charge in [-0.1, -0.05) is 6.08 Å². The number of imide groups is 1. The van der Waals surface area contributed by atoms with Crippen molar-refractivity contribution in [3.63, 3.8) is 0 Å². The predicted octanol–water partition coefficient (Wildman–Crippen LogP) is -0.407. The topological polar surface area (TPSA) is 103 Å². The number of esters is 1. The van der Waals surface area contributed by atoms with E-state index in [1.54, 1.807) is 0 Å². The Balaban J connectivity index is 3.83. The molecule has 2 N–H and O–H groups in total. The molecule has 0 saturated heterocycles. The summed E-state index contributed by atoms with van der Waals surface area (Å²) < 4.78 is 14.4. The highest BCUT2D eigenvalue weighted by Crippen LogP contribution is 1.94. The van der Waals surface area contributed by atoms with Gasteiger partial charge < -0.3 is 19.5 Å². The highest BCUT2D eigenvalue weighted by Gasteiger charge is 2.16. The van der Waals surface area contributed by atoms with Gasteiger partial charge in [0.15, 0.2) is 12.7 Å². The van der Waals surface area contributed by atoms with Crippen molar-refractivity contribution in [2.45, 2.75) is 13.0 Å². The van der Waals surface area contributed by atoms with E-state index in [0.29, 0.717) is 6.61 Å². The molecule has 0 saturated carbocycles. The van der Waals surface area contributed by atoms with E-state index < -0.39 is 30.6 Å². The fourth-order valence-electron chi connectivity index (χ4n) is 1.01. The molecular weight excluding hydrogens is 268 g/mol. The molecule has 114 valence electrons. The lowest BCUT2D eigenvalue weighted by atomic mass is 10.4. The normalized spacial score (nSPS) is 11.3. The Hall–Kier alpha value is -1.93. The van der Waals surface area contributed by atoms with Crippen molar-refractivity contribution in [2.24, 2.45) is 0 Å². The van der Waals surface area contributed by atoms with Crippen molar-refractivity contribution in [1.29, 1.82) is 0 Å². The molecule has 0 aromatic rings. The number of hydrogen-bond acceptors (Lipinski definition) is 6. The number of hydrogen-bond donors (Lipinski definition) is 2. The maximum absolute atomic E-state index is 11.4. The van der Waals surface area contributed by atoms with Gasteiger partial charge >= 0.3 is 12.0 Å². The molecule has 3 amide bonds. The van der Waals surface area contributed by atoms with Crippen molar-refractivity contribution < 1.29 is 28.6 Å². The number of urea groups is 1. The summed E-state index contributed by atoms with van der Waals surface area (Å²) in [5.74, 6) is -1.43. The first-order chi connectivity index (χ1) is 9.51. The quantitative estimate of drug-likeness (QED) is 0.340. The Morgan fingerprint density at radius 1 is 1.35 bits per heavy atom. The van der Waals surface area contributed by atoms with E-state index in [-0.39, 0.29) is 13.2 Å². The third-order valence-electron chi connectivity index (χ3n) is 1.99. The Morgan fingerprint density at radius 3 is 2.65 bits per heavy atom. The molecule has 0 aromatic heterocycles. The summed E-state index contributed by atoms with van der Waals surface area (Å²) in [4.78, 5) is 33.8. The van der Waals surface area contributed by atoms with Gasteiger partial charge in [0.2, 0.25) is 0 Å². The molecular formula is C12H20N2O6. The van der Waals surface area contributed by atoms with Crippen LogP contribution in [0, 0.1) is 0 Å². The van der Waals surface area contributed by atoms with Gasteiger partial charge in [-0.2, -0.15) is 0 Å². The van der Waals surface area contributed by atoms with Gasteiger partial charge in [-0.05, 0) is 6.92 Å². The molecule has 0 bridgehead atoms. The molecule has 8 nitrogen and oxygen atoms in total. The minimum absolute atomic E-state index is 0.199. The van der Waals surface area contributed by atoms with Crippen LogP contribution in [0.3, 0.4) is 0 Å². The van der Waals surface area contributed by atoms with Crippen LogP contribution in [0.4, 0.5) is 4.79 Å². The summed E-state index contributed by atoms with van der Waals surface area (Å²) in [5.41, 5.74) is 0. The second-order valence-electron chi connectivity index (χ2n) is 3.67. The number of rotatable bonds is 9. The molecule has 0 fully saturated rings. The zero-order valence-electron chi connectivity index (χ0n) is 11.6. The monoisotopic (exact) mass is 288 g/mol. The third kappa shape index (κ3) is 9.06. The standard InChI is InChI=1S/C12H20N2O6/c1-4-6-19-9(2)11(16)20-8-10(15)14-12(17)13-5-7-18-3/h4,9H,1,5-8H2,2-3H3,(H2,13,14,15,17). The molecule has 20 heavy (non-hydrogen) atoms. The Labute approximate surface area is 117 Å². The zero-order valence-corrected chi connectivity index (χ0v) is 11.6. The van der Waals surface area contributed by atoms with Crippen LogP contribution in [-0.4, -0.2) is 57.5 Å². The number of carbonyl (C=O) groups is 3. The lowest BCUT2D eigenvalue weighted by Gasteiger charge is -2.11. The van der Waals surface area contributed by atoms with E-state index in [0.717, 1.165) is 0 Å². The summed E-state index contributed by atoms with van der Waals surface area (Å²) in [7, 11) is 1.49. The predicted molar refractivity (Wildman–Crippen MR) is 70.0 cm³/mol. The van der Waals surface area contributed by atoms with Gasteiger partial charge in [-0.3, -0.25) is 10.1 Å². The van der Waals surface area contributed by atoms with Crippen molar-refractivity contribution in [3.8, 4) is 0 Å². The zero-order chi connectivity index (χ0) is 15.4. The van der Waals surface area contributed by atoms with Crippen molar-refractivity contribution in [3.05, 3.63) is 12.7 Å². The highest BCUT2D eigenvalue weighted by molar-refractivity contribution is 5.95. The first-order valence-corrected chi connectivity index (χ1v) is 5.97. The third-order valence-corrected chi connectivity index (χ3v) is 1.99. The Morgan fingerprint density at radius 2 is 2.05 bits per heavy atom. The van der Waals surface area contributed by atoms with Gasteiger partial charge in [-0.15, -0.1) is 6.58 Å². The summed E-state index contributed by atoms with van der Waals surface area (Å²) in [6, 6.07) is -0.681. The fraction of sp³-hybridized carbons (Fsp3) is 0.583. The first kappa shape index (κ1) is 18.1. The molecule has 0 aliphatic heterocycles. The van der Waals surface area contributed by atoms with Crippen molar-refractivity contribution in [1.82, 2.24) is 10.6 Å². The largest absolute Gasteiger partial charge is 0.454 e. The summed E-state index contributed by atoms with van der Waals surface area (Å²) in [6.07, 6.45) is 0.678. The number of ether oxygens (including phenoxy) is 3. The Kier molecular flexibility index (Phi) is 9.89. The number of carbonyl (C=O) groups excluding carboxylic acids is 3. The van der Waals surface area contributed by atoms with Crippen LogP contribution in [0.25, 0.3) is 0 Å². The van der Waals surface area contributed by atoms with Crippen LogP contribution >= 0.6 is 0 Å². The lowest BCUT2D eigenvalue weighted by molar-refractivity contribution is -0.158. The molecule has 0 heterocycles. The second-order valence-corrected chi connectivity index (χ2v) is 3.67. The van der Waals surface area contributed by atoms with Gasteiger partial charge in [0.25, 0.3) is 5.91 Å². The van der Waals surface area contributed by atoms with Crippen LogP contribution in [0.2, 0.25) is 0 Å².